The molecule has 0 atom stereocenters. The maximum absolute atomic E-state index is 11.7. The summed E-state index contributed by atoms with van der Waals surface area (Å²) in [5.74, 6) is -0.448. The van der Waals surface area contributed by atoms with Crippen molar-refractivity contribution in [1.82, 2.24) is 4.90 Å². The summed E-state index contributed by atoms with van der Waals surface area (Å²) in [5.41, 5.74) is 7.22. The van der Waals surface area contributed by atoms with Gasteiger partial charge in [0.25, 0.3) is 5.91 Å². The topological polar surface area (TPSA) is 63.4 Å². The first-order chi connectivity index (χ1) is 7.09. The number of hydrogen-bond donors (Lipinski definition) is 1. The van der Waals surface area contributed by atoms with Crippen molar-refractivity contribution >= 4 is 11.8 Å². The molecule has 4 nitrogen and oxygen atoms in total. The zero-order valence-corrected chi connectivity index (χ0v) is 8.49. The summed E-state index contributed by atoms with van der Waals surface area (Å²) < 4.78 is 0. The van der Waals surface area contributed by atoms with Gasteiger partial charge in [-0.15, -0.1) is 0 Å². The zero-order chi connectivity index (χ0) is 11.0. The third-order valence-electron chi connectivity index (χ3n) is 2.68. The average Bonchev–Trinajstić information content (AvgIpc) is 2.23. The quantitative estimate of drug-likeness (QED) is 0.720. The van der Waals surface area contributed by atoms with Crippen molar-refractivity contribution < 1.29 is 9.59 Å². The molecule has 0 fully saturated rings. The Morgan fingerprint density at radius 1 is 1.47 bits per heavy atom. The summed E-state index contributed by atoms with van der Waals surface area (Å²) in [5, 5.41) is 0. The molecule has 2 amide bonds. The summed E-state index contributed by atoms with van der Waals surface area (Å²) >= 11 is 0. The highest BCUT2D eigenvalue weighted by Gasteiger charge is 2.21. The van der Waals surface area contributed by atoms with Crippen molar-refractivity contribution in [3.8, 4) is 0 Å². The van der Waals surface area contributed by atoms with E-state index in [2.05, 4.69) is 0 Å². The van der Waals surface area contributed by atoms with Crippen LogP contribution in [0.2, 0.25) is 0 Å². The molecule has 1 aromatic rings. The maximum Gasteiger partial charge on any atom is 0.253 e. The van der Waals surface area contributed by atoms with Gasteiger partial charge in [0.15, 0.2) is 0 Å². The van der Waals surface area contributed by atoms with E-state index in [-0.39, 0.29) is 5.91 Å². The van der Waals surface area contributed by atoms with Crippen molar-refractivity contribution in [2.24, 2.45) is 5.73 Å². The zero-order valence-electron chi connectivity index (χ0n) is 8.49. The van der Waals surface area contributed by atoms with Crippen LogP contribution in [-0.4, -0.2) is 30.3 Å². The smallest absolute Gasteiger partial charge is 0.253 e. The summed E-state index contributed by atoms with van der Waals surface area (Å²) in [7, 11) is 1.77. The molecular weight excluding hydrogens is 192 g/mol. The van der Waals surface area contributed by atoms with Gasteiger partial charge >= 0.3 is 0 Å². The van der Waals surface area contributed by atoms with Crippen LogP contribution in [0.5, 0.6) is 0 Å². The largest absolute Gasteiger partial charge is 0.366 e. The van der Waals surface area contributed by atoms with Gasteiger partial charge in [0.05, 0.1) is 0 Å². The molecule has 2 rings (SSSR count). The molecule has 0 saturated carbocycles. The van der Waals surface area contributed by atoms with E-state index in [0.29, 0.717) is 17.7 Å². The molecule has 1 aliphatic rings. The maximum atomic E-state index is 11.7. The highest BCUT2D eigenvalue weighted by Crippen LogP contribution is 2.19. The second kappa shape index (κ2) is 3.38. The average molecular weight is 204 g/mol. The number of nitrogens with zero attached hydrogens (tertiary/aromatic N) is 1. The van der Waals surface area contributed by atoms with Crippen LogP contribution in [0.25, 0.3) is 0 Å². The lowest BCUT2D eigenvalue weighted by Gasteiger charge is -2.24. The van der Waals surface area contributed by atoms with Crippen LogP contribution in [0.3, 0.4) is 0 Å². The van der Waals surface area contributed by atoms with E-state index >= 15 is 0 Å². The Bertz CT molecular complexity index is 440. The predicted octanol–water partition coefficient (Wildman–Crippen LogP) is 0.414. The molecule has 78 valence electrons. The number of nitrogens with two attached hydrogens (primary N) is 1. The van der Waals surface area contributed by atoms with Gasteiger partial charge in [-0.3, -0.25) is 9.59 Å². The monoisotopic (exact) mass is 204 g/mol. The van der Waals surface area contributed by atoms with Crippen LogP contribution in [-0.2, 0) is 6.42 Å². The molecule has 0 unspecified atom stereocenters. The second-order valence-corrected chi connectivity index (χ2v) is 3.71. The van der Waals surface area contributed by atoms with Crippen LogP contribution < -0.4 is 5.73 Å². The van der Waals surface area contributed by atoms with Crippen LogP contribution in [0, 0.1) is 0 Å². The van der Waals surface area contributed by atoms with Crippen LogP contribution in [0.15, 0.2) is 18.2 Å². The molecule has 0 spiro atoms. The molecule has 0 aliphatic carbocycles. The van der Waals surface area contributed by atoms with E-state index in [4.69, 9.17) is 5.73 Å². The first-order valence-corrected chi connectivity index (χ1v) is 4.78. The van der Waals surface area contributed by atoms with Gasteiger partial charge in [-0.05, 0) is 30.2 Å². The van der Waals surface area contributed by atoms with Gasteiger partial charge in [0, 0.05) is 24.7 Å². The Morgan fingerprint density at radius 3 is 2.87 bits per heavy atom. The molecular formula is C11H12N2O2. The van der Waals surface area contributed by atoms with E-state index in [0.717, 1.165) is 12.0 Å². The summed E-state index contributed by atoms with van der Waals surface area (Å²) in [6.45, 7) is 0.689. The molecule has 15 heavy (non-hydrogen) atoms. The van der Waals surface area contributed by atoms with Gasteiger partial charge in [-0.1, -0.05) is 0 Å². The minimum absolute atomic E-state index is 0.00673. The first kappa shape index (κ1) is 9.71. The lowest BCUT2D eigenvalue weighted by molar-refractivity contribution is 0.0780. The van der Waals surface area contributed by atoms with Crippen LogP contribution in [0.4, 0.5) is 0 Å². The fourth-order valence-electron chi connectivity index (χ4n) is 1.76. The number of amides is 2. The number of primary amides is 1. The molecule has 0 bridgehead atoms. The molecule has 1 heterocycles. The third-order valence-corrected chi connectivity index (χ3v) is 2.68. The molecule has 0 radical (unpaired) electrons. The van der Waals surface area contributed by atoms with E-state index in [1.54, 1.807) is 30.1 Å². The van der Waals surface area contributed by atoms with Crippen molar-refractivity contribution in [3.63, 3.8) is 0 Å². The van der Waals surface area contributed by atoms with E-state index < -0.39 is 5.91 Å². The molecule has 0 saturated heterocycles. The third kappa shape index (κ3) is 1.58. The number of carbonyl (C=O) groups excluding carboxylic acids is 2. The number of hydrogen-bond acceptors (Lipinski definition) is 2. The van der Waals surface area contributed by atoms with E-state index in [1.165, 1.54) is 0 Å². The van der Waals surface area contributed by atoms with Crippen molar-refractivity contribution in [2.75, 3.05) is 13.6 Å². The summed E-state index contributed by atoms with van der Waals surface area (Å²) in [6, 6.07) is 4.98. The summed E-state index contributed by atoms with van der Waals surface area (Å²) in [6.07, 6.45) is 0.776. The lowest BCUT2D eigenvalue weighted by atomic mass is 9.97. The van der Waals surface area contributed by atoms with E-state index in [1.807, 2.05) is 0 Å². The Kier molecular flexibility index (Phi) is 2.19. The second-order valence-electron chi connectivity index (χ2n) is 3.71. The molecule has 2 N–H and O–H groups in total. The van der Waals surface area contributed by atoms with Gasteiger partial charge in [0.1, 0.15) is 0 Å². The highest BCUT2D eigenvalue weighted by atomic mass is 16.2. The fourth-order valence-corrected chi connectivity index (χ4v) is 1.76. The Balaban J connectivity index is 2.47. The van der Waals surface area contributed by atoms with Crippen molar-refractivity contribution in [3.05, 3.63) is 34.9 Å². The molecule has 1 aromatic carbocycles. The Morgan fingerprint density at radius 2 is 2.20 bits per heavy atom. The lowest BCUT2D eigenvalue weighted by Crippen LogP contribution is -2.34. The standard InChI is InChI=1S/C11H12N2O2/c1-13-5-4-7-6-8(10(12)14)2-3-9(7)11(13)15/h2-3,6H,4-5H2,1H3,(H2,12,14). The Hall–Kier alpha value is -1.84. The van der Waals surface area contributed by atoms with Crippen LogP contribution >= 0.6 is 0 Å². The SMILES string of the molecule is CN1CCc2cc(C(N)=O)ccc2C1=O. The highest BCUT2D eigenvalue weighted by molar-refractivity contribution is 5.99. The molecule has 4 heteroatoms. The number of fused-ring (bicyclic) bond motifs is 1. The fraction of sp³-hybridized carbons (Fsp3) is 0.273. The minimum atomic E-state index is -0.454. The minimum Gasteiger partial charge on any atom is -0.366 e. The molecule has 1 aliphatic heterocycles. The number of likely N-dealkylation sites (N-methyl/N-ethyl adjacent to an activating group) is 1. The number of benzene rings is 1. The van der Waals surface area contributed by atoms with Gasteiger partial charge in [-0.2, -0.15) is 0 Å². The molecule has 0 aromatic heterocycles. The number of rotatable bonds is 1. The van der Waals surface area contributed by atoms with E-state index in [9.17, 15) is 9.59 Å². The Labute approximate surface area is 87.7 Å². The van der Waals surface area contributed by atoms with Gasteiger partial charge in [0.2, 0.25) is 5.91 Å². The van der Waals surface area contributed by atoms with Crippen molar-refractivity contribution in [2.45, 2.75) is 6.42 Å². The van der Waals surface area contributed by atoms with Crippen LogP contribution in [0.1, 0.15) is 26.3 Å². The van der Waals surface area contributed by atoms with Gasteiger partial charge in [-0.25, -0.2) is 0 Å². The summed E-state index contributed by atoms with van der Waals surface area (Å²) in [4.78, 5) is 24.3. The van der Waals surface area contributed by atoms with Gasteiger partial charge < -0.3 is 10.6 Å². The van der Waals surface area contributed by atoms with Crippen molar-refractivity contribution in [1.29, 1.82) is 0 Å². The predicted molar refractivity (Wildman–Crippen MR) is 55.6 cm³/mol. The number of carbonyl (C=O) groups is 2. The normalized spacial score (nSPS) is 15.0. The first-order valence-electron chi connectivity index (χ1n) is 4.78.